The molecule has 22 heavy (non-hydrogen) atoms. The lowest BCUT2D eigenvalue weighted by Crippen LogP contribution is -2.24. The van der Waals surface area contributed by atoms with Gasteiger partial charge in [0.1, 0.15) is 11.5 Å². The Kier molecular flexibility index (Phi) is 3.66. The molecule has 114 valence electrons. The summed E-state index contributed by atoms with van der Waals surface area (Å²) in [6.45, 7) is 0. The zero-order valence-corrected chi connectivity index (χ0v) is 14.0. The molecule has 1 aromatic carbocycles. The Balaban J connectivity index is 2.54. The van der Waals surface area contributed by atoms with Crippen molar-refractivity contribution < 1.29 is 14.3 Å². The molecule has 0 spiro atoms. The number of aromatic amines is 1. The first-order valence-electron chi connectivity index (χ1n) is 5.93. The second-order valence-corrected chi connectivity index (χ2v) is 6.16. The van der Waals surface area contributed by atoms with Crippen LogP contribution in [0.25, 0.3) is 21.9 Å². The molecule has 2 aromatic heterocycles. The highest BCUT2D eigenvalue weighted by molar-refractivity contribution is 9.10. The van der Waals surface area contributed by atoms with E-state index in [1.165, 1.54) is 13.2 Å². The maximum Gasteiger partial charge on any atom is 0.411 e. The van der Waals surface area contributed by atoms with Gasteiger partial charge in [0.05, 0.1) is 25.7 Å². The van der Waals surface area contributed by atoms with Crippen LogP contribution >= 0.6 is 39.1 Å². The summed E-state index contributed by atoms with van der Waals surface area (Å²) in [6, 6.07) is 1.05. The van der Waals surface area contributed by atoms with Gasteiger partial charge in [0.2, 0.25) is 0 Å². The molecule has 9 heteroatoms. The van der Waals surface area contributed by atoms with Crippen molar-refractivity contribution in [3.63, 3.8) is 0 Å². The van der Waals surface area contributed by atoms with Crippen molar-refractivity contribution in [2.24, 2.45) is 0 Å². The number of hydrogen-bond acceptors (Lipinski definition) is 2. The summed E-state index contributed by atoms with van der Waals surface area (Å²) in [6.07, 6.45) is 0.257. The molecule has 0 aliphatic rings. The highest BCUT2D eigenvalue weighted by Gasteiger charge is 2.22. The van der Waals surface area contributed by atoms with E-state index in [1.54, 1.807) is 0 Å². The Morgan fingerprint density at radius 1 is 1.41 bits per heavy atom. The van der Waals surface area contributed by atoms with Gasteiger partial charge in [-0.05, 0) is 15.9 Å². The van der Waals surface area contributed by atoms with Crippen molar-refractivity contribution >= 4 is 72.8 Å². The fourth-order valence-electron chi connectivity index (χ4n) is 2.25. The molecule has 0 radical (unpaired) electrons. The molecule has 0 saturated heterocycles. The zero-order chi connectivity index (χ0) is 16.2. The minimum Gasteiger partial charge on any atom is -0.465 e. The van der Waals surface area contributed by atoms with Crippen LogP contribution in [0.3, 0.4) is 0 Å². The maximum atomic E-state index is 14.1. The zero-order valence-electron chi connectivity index (χ0n) is 10.9. The van der Waals surface area contributed by atoms with E-state index in [9.17, 15) is 9.18 Å². The summed E-state index contributed by atoms with van der Waals surface area (Å²) < 4.78 is 14.7. The summed E-state index contributed by atoms with van der Waals surface area (Å²) in [5.41, 5.74) is 0.851. The van der Waals surface area contributed by atoms with Gasteiger partial charge in [-0.25, -0.2) is 14.2 Å². The Hall–Kier alpha value is -1.57. The van der Waals surface area contributed by atoms with E-state index >= 15 is 0 Å². The number of nitrogens with zero attached hydrogens (tertiary/aromatic N) is 2. The van der Waals surface area contributed by atoms with Crippen LogP contribution in [0.2, 0.25) is 10.0 Å². The van der Waals surface area contributed by atoms with Crippen molar-refractivity contribution in [2.45, 2.75) is 0 Å². The number of carboxylic acid groups (broad SMARTS) is 1. The number of H-pyrrole nitrogens is 1. The molecule has 2 N–H and O–H groups in total. The average molecular weight is 407 g/mol. The van der Waals surface area contributed by atoms with Crippen LogP contribution in [0.1, 0.15) is 0 Å². The molecule has 2 heterocycles. The number of pyridine rings is 1. The molecule has 0 bridgehead atoms. The van der Waals surface area contributed by atoms with E-state index in [0.29, 0.717) is 31.4 Å². The number of anilines is 1. The standard InChI is InChI=1S/C13H7BrCl2FN3O2/c1-20(13(21)22)6-2-5(17)10(16)7-8-9(15)4(14)3-18-12(8)19-11(6)7/h2-3H,1H3,(H,18,19)(H,21,22). The lowest BCUT2D eigenvalue weighted by Gasteiger charge is -2.15. The molecule has 0 saturated carbocycles. The molecule has 0 aliphatic carbocycles. The Morgan fingerprint density at radius 2 is 2.09 bits per heavy atom. The van der Waals surface area contributed by atoms with Gasteiger partial charge in [-0.15, -0.1) is 0 Å². The van der Waals surface area contributed by atoms with Crippen LogP contribution in [0.5, 0.6) is 0 Å². The van der Waals surface area contributed by atoms with Crippen LogP contribution in [-0.2, 0) is 0 Å². The fraction of sp³-hybridized carbons (Fsp3) is 0.0769. The number of amides is 1. The molecule has 0 atom stereocenters. The van der Waals surface area contributed by atoms with Crippen molar-refractivity contribution in [3.8, 4) is 0 Å². The van der Waals surface area contributed by atoms with Gasteiger partial charge in [0.25, 0.3) is 0 Å². The molecule has 3 aromatic rings. The van der Waals surface area contributed by atoms with E-state index in [1.807, 2.05) is 0 Å². The molecular weight excluding hydrogens is 400 g/mol. The van der Waals surface area contributed by atoms with Crippen molar-refractivity contribution in [3.05, 3.63) is 32.6 Å². The molecule has 0 fully saturated rings. The van der Waals surface area contributed by atoms with Crippen LogP contribution in [-0.4, -0.2) is 28.2 Å². The van der Waals surface area contributed by atoms with Gasteiger partial charge >= 0.3 is 6.09 Å². The van der Waals surface area contributed by atoms with Crippen LogP contribution in [0, 0.1) is 5.82 Å². The quantitative estimate of drug-likeness (QED) is 0.594. The smallest absolute Gasteiger partial charge is 0.411 e. The van der Waals surface area contributed by atoms with E-state index in [0.717, 1.165) is 11.0 Å². The summed E-state index contributed by atoms with van der Waals surface area (Å²) in [4.78, 5) is 19.2. The molecule has 0 aliphatic heterocycles. The number of fused-ring (bicyclic) bond motifs is 3. The van der Waals surface area contributed by atoms with Crippen LogP contribution in [0.4, 0.5) is 14.9 Å². The minimum absolute atomic E-state index is 0.120. The third kappa shape index (κ3) is 2.12. The van der Waals surface area contributed by atoms with Gasteiger partial charge in [-0.2, -0.15) is 0 Å². The lowest BCUT2D eigenvalue weighted by atomic mass is 10.1. The first kappa shape index (κ1) is 15.3. The number of benzene rings is 1. The van der Waals surface area contributed by atoms with Crippen molar-refractivity contribution in [2.75, 3.05) is 11.9 Å². The van der Waals surface area contributed by atoms with Gasteiger partial charge in [0.15, 0.2) is 0 Å². The normalized spacial score (nSPS) is 11.3. The van der Waals surface area contributed by atoms with E-state index in [2.05, 4.69) is 25.9 Å². The summed E-state index contributed by atoms with van der Waals surface area (Å²) in [7, 11) is 1.31. The monoisotopic (exact) mass is 405 g/mol. The Labute approximate surface area is 141 Å². The number of carbonyl (C=O) groups is 1. The van der Waals surface area contributed by atoms with Gasteiger partial charge in [-0.3, -0.25) is 4.90 Å². The summed E-state index contributed by atoms with van der Waals surface area (Å²) in [5, 5.41) is 10.0. The third-order valence-electron chi connectivity index (χ3n) is 3.31. The number of aromatic nitrogens is 2. The Morgan fingerprint density at radius 3 is 2.73 bits per heavy atom. The fourth-order valence-corrected chi connectivity index (χ4v) is 3.03. The summed E-state index contributed by atoms with van der Waals surface area (Å²) >= 11 is 15.6. The predicted molar refractivity (Wildman–Crippen MR) is 87.7 cm³/mol. The van der Waals surface area contributed by atoms with Crippen LogP contribution < -0.4 is 4.90 Å². The number of hydrogen-bond donors (Lipinski definition) is 2. The van der Waals surface area contributed by atoms with Gasteiger partial charge in [-0.1, -0.05) is 23.2 Å². The number of rotatable bonds is 1. The minimum atomic E-state index is -1.23. The molecule has 3 rings (SSSR count). The number of halogens is 4. The van der Waals surface area contributed by atoms with E-state index in [-0.39, 0.29) is 10.7 Å². The molecule has 1 amide bonds. The highest BCUT2D eigenvalue weighted by atomic mass is 79.9. The highest BCUT2D eigenvalue weighted by Crippen LogP contribution is 2.42. The van der Waals surface area contributed by atoms with Crippen molar-refractivity contribution in [1.29, 1.82) is 0 Å². The Bertz CT molecular complexity index is 944. The third-order valence-corrected chi connectivity index (χ3v) is 4.91. The van der Waals surface area contributed by atoms with Crippen molar-refractivity contribution in [1.82, 2.24) is 9.97 Å². The van der Waals surface area contributed by atoms with E-state index in [4.69, 9.17) is 28.3 Å². The van der Waals surface area contributed by atoms with Gasteiger partial charge in [0, 0.05) is 30.1 Å². The topological polar surface area (TPSA) is 69.2 Å². The van der Waals surface area contributed by atoms with Crippen LogP contribution in [0.15, 0.2) is 16.7 Å². The maximum absolute atomic E-state index is 14.1. The first-order chi connectivity index (χ1) is 10.3. The second kappa shape index (κ2) is 5.26. The van der Waals surface area contributed by atoms with E-state index < -0.39 is 11.9 Å². The molecule has 0 unspecified atom stereocenters. The summed E-state index contributed by atoms with van der Waals surface area (Å²) in [5.74, 6) is -0.741. The molecular formula is C13H7BrCl2FN3O2. The SMILES string of the molecule is CN(C(=O)O)c1cc(F)c(Cl)c2c1[nH]c1ncc(Br)c(Cl)c12. The lowest BCUT2D eigenvalue weighted by molar-refractivity contribution is 0.203. The first-order valence-corrected chi connectivity index (χ1v) is 7.47. The van der Waals surface area contributed by atoms with Gasteiger partial charge < -0.3 is 10.1 Å². The second-order valence-electron chi connectivity index (χ2n) is 4.55. The molecule has 5 nitrogen and oxygen atoms in total. The largest absolute Gasteiger partial charge is 0.465 e. The average Bonchev–Trinajstić information content (AvgIpc) is 2.86. The predicted octanol–water partition coefficient (Wildman–Crippen LogP) is 5.04. The number of nitrogens with one attached hydrogen (secondary N) is 1.